The van der Waals surface area contributed by atoms with Crippen LogP contribution < -0.4 is 10.2 Å². The minimum Gasteiger partial charge on any atom is -0.348 e. The molecule has 1 N–H and O–H groups in total. The fourth-order valence-corrected chi connectivity index (χ4v) is 2.81. The molecular formula is C13H25N3S. The van der Waals surface area contributed by atoms with Crippen LogP contribution in [0.4, 0.5) is 5.13 Å². The van der Waals surface area contributed by atoms with Gasteiger partial charge in [0.1, 0.15) is 0 Å². The van der Waals surface area contributed by atoms with E-state index in [0.29, 0.717) is 0 Å². The summed E-state index contributed by atoms with van der Waals surface area (Å²) in [4.78, 5) is 8.45. The van der Waals surface area contributed by atoms with E-state index in [-0.39, 0.29) is 0 Å². The van der Waals surface area contributed by atoms with Crippen molar-refractivity contribution in [2.45, 2.75) is 47.1 Å². The Kier molecular flexibility index (Phi) is 6.52. The Labute approximate surface area is 109 Å². The molecule has 3 nitrogen and oxygen atoms in total. The lowest BCUT2D eigenvalue weighted by molar-refractivity contribution is 0.726. The molecule has 0 aliphatic carbocycles. The lowest BCUT2D eigenvalue weighted by Gasteiger charge is -2.19. The number of thiazole rings is 1. The molecule has 0 aliphatic rings. The molecule has 0 amide bonds. The molecule has 17 heavy (non-hydrogen) atoms. The largest absolute Gasteiger partial charge is 0.348 e. The van der Waals surface area contributed by atoms with Gasteiger partial charge in [-0.1, -0.05) is 20.3 Å². The van der Waals surface area contributed by atoms with Crippen LogP contribution >= 0.6 is 11.3 Å². The van der Waals surface area contributed by atoms with Crippen molar-refractivity contribution in [3.05, 3.63) is 10.6 Å². The third-order valence-electron chi connectivity index (χ3n) is 2.85. The molecule has 1 rings (SSSR count). The van der Waals surface area contributed by atoms with Crippen molar-refractivity contribution in [3.63, 3.8) is 0 Å². The van der Waals surface area contributed by atoms with Gasteiger partial charge in [-0.25, -0.2) is 4.98 Å². The molecule has 0 saturated heterocycles. The molecular weight excluding hydrogens is 230 g/mol. The molecule has 0 atom stereocenters. The van der Waals surface area contributed by atoms with Crippen LogP contribution in [0.15, 0.2) is 0 Å². The summed E-state index contributed by atoms with van der Waals surface area (Å²) >= 11 is 1.83. The van der Waals surface area contributed by atoms with E-state index < -0.39 is 0 Å². The smallest absolute Gasteiger partial charge is 0.185 e. The maximum absolute atomic E-state index is 4.69. The minimum atomic E-state index is 0.950. The van der Waals surface area contributed by atoms with E-state index in [1.165, 1.54) is 28.5 Å². The van der Waals surface area contributed by atoms with E-state index in [1.54, 1.807) is 0 Å². The van der Waals surface area contributed by atoms with Crippen LogP contribution in [-0.2, 0) is 6.54 Å². The molecule has 0 fully saturated rings. The molecule has 1 aromatic heterocycles. The van der Waals surface area contributed by atoms with E-state index in [9.17, 15) is 0 Å². The summed E-state index contributed by atoms with van der Waals surface area (Å²) in [6.45, 7) is 12.8. The molecule has 0 radical (unpaired) electrons. The molecule has 0 unspecified atom stereocenters. The molecule has 1 aromatic rings. The first kappa shape index (κ1) is 14.5. The second-order valence-electron chi connectivity index (χ2n) is 4.22. The van der Waals surface area contributed by atoms with Crippen LogP contribution in [0.3, 0.4) is 0 Å². The zero-order chi connectivity index (χ0) is 12.7. The Hall–Kier alpha value is -0.610. The number of hydrogen-bond acceptors (Lipinski definition) is 4. The molecule has 4 heteroatoms. The summed E-state index contributed by atoms with van der Waals surface area (Å²) in [6.07, 6.45) is 2.49. The normalized spacial score (nSPS) is 10.8. The first-order valence-corrected chi connectivity index (χ1v) is 7.46. The van der Waals surface area contributed by atoms with Gasteiger partial charge in [-0.05, 0) is 26.8 Å². The van der Waals surface area contributed by atoms with E-state index in [4.69, 9.17) is 4.98 Å². The Morgan fingerprint density at radius 3 is 2.65 bits per heavy atom. The van der Waals surface area contributed by atoms with Crippen LogP contribution in [-0.4, -0.2) is 24.6 Å². The number of aryl methyl sites for hydroxylation is 1. The van der Waals surface area contributed by atoms with E-state index >= 15 is 0 Å². The highest BCUT2D eigenvalue weighted by Crippen LogP contribution is 2.26. The van der Waals surface area contributed by atoms with Crippen LogP contribution in [0.2, 0.25) is 0 Å². The first-order valence-electron chi connectivity index (χ1n) is 6.64. The Balaban J connectivity index is 2.68. The number of nitrogens with one attached hydrogen (secondary N) is 1. The van der Waals surface area contributed by atoms with Crippen molar-refractivity contribution < 1.29 is 0 Å². The van der Waals surface area contributed by atoms with Gasteiger partial charge in [0.15, 0.2) is 5.13 Å². The van der Waals surface area contributed by atoms with Crippen molar-refractivity contribution >= 4 is 16.5 Å². The summed E-state index contributed by atoms with van der Waals surface area (Å²) in [6, 6.07) is 0. The van der Waals surface area contributed by atoms with Gasteiger partial charge < -0.3 is 10.2 Å². The van der Waals surface area contributed by atoms with E-state index in [2.05, 4.69) is 37.9 Å². The average molecular weight is 255 g/mol. The molecule has 0 aliphatic heterocycles. The zero-order valence-corrected chi connectivity index (χ0v) is 12.4. The minimum absolute atomic E-state index is 0.950. The van der Waals surface area contributed by atoms with Gasteiger partial charge in [0, 0.05) is 24.5 Å². The number of unbranched alkanes of at least 4 members (excludes halogenated alkanes) is 1. The number of anilines is 1. The number of hydrogen-bond donors (Lipinski definition) is 1. The van der Waals surface area contributed by atoms with Crippen molar-refractivity contribution in [2.24, 2.45) is 0 Å². The maximum Gasteiger partial charge on any atom is 0.185 e. The third kappa shape index (κ3) is 4.28. The molecule has 0 bridgehead atoms. The number of rotatable bonds is 8. The summed E-state index contributed by atoms with van der Waals surface area (Å²) in [5.74, 6) is 0. The van der Waals surface area contributed by atoms with Gasteiger partial charge in [-0.2, -0.15) is 0 Å². The fraction of sp³-hybridized carbons (Fsp3) is 0.769. The highest BCUT2D eigenvalue weighted by atomic mass is 32.1. The molecule has 0 saturated carbocycles. The van der Waals surface area contributed by atoms with Crippen LogP contribution in [0, 0.1) is 6.92 Å². The maximum atomic E-state index is 4.69. The zero-order valence-electron chi connectivity index (χ0n) is 11.5. The van der Waals surface area contributed by atoms with Gasteiger partial charge in [0.05, 0.1) is 5.69 Å². The Bertz CT molecular complexity index is 322. The monoisotopic (exact) mass is 255 g/mol. The van der Waals surface area contributed by atoms with Crippen molar-refractivity contribution in [2.75, 3.05) is 24.5 Å². The summed E-state index contributed by atoms with van der Waals surface area (Å²) in [5, 5.41) is 4.56. The SMILES string of the molecule is CCCCN(CC)c1nc(C)c(CNCC)s1. The molecule has 1 heterocycles. The standard InChI is InChI=1S/C13H25N3S/c1-5-8-9-16(7-3)13-15-11(4)12(17-13)10-14-6-2/h14H,5-10H2,1-4H3. The van der Waals surface area contributed by atoms with E-state index in [0.717, 1.165) is 26.2 Å². The Morgan fingerprint density at radius 2 is 2.06 bits per heavy atom. The fourth-order valence-electron chi connectivity index (χ4n) is 1.69. The van der Waals surface area contributed by atoms with Crippen LogP contribution in [0.5, 0.6) is 0 Å². The predicted molar refractivity (Wildman–Crippen MR) is 77.0 cm³/mol. The van der Waals surface area contributed by atoms with Crippen molar-refractivity contribution in [3.8, 4) is 0 Å². The van der Waals surface area contributed by atoms with Crippen molar-refractivity contribution in [1.82, 2.24) is 10.3 Å². The lowest BCUT2D eigenvalue weighted by Crippen LogP contribution is -2.23. The van der Waals surface area contributed by atoms with E-state index in [1.807, 2.05) is 11.3 Å². The summed E-state index contributed by atoms with van der Waals surface area (Å²) in [5.41, 5.74) is 1.18. The third-order valence-corrected chi connectivity index (χ3v) is 4.07. The second kappa shape index (κ2) is 7.67. The lowest BCUT2D eigenvalue weighted by atomic mass is 10.3. The van der Waals surface area contributed by atoms with Crippen LogP contribution in [0.25, 0.3) is 0 Å². The topological polar surface area (TPSA) is 28.2 Å². The second-order valence-corrected chi connectivity index (χ2v) is 5.28. The highest BCUT2D eigenvalue weighted by Gasteiger charge is 2.12. The van der Waals surface area contributed by atoms with Gasteiger partial charge >= 0.3 is 0 Å². The number of aromatic nitrogens is 1. The van der Waals surface area contributed by atoms with Crippen molar-refractivity contribution in [1.29, 1.82) is 0 Å². The predicted octanol–water partition coefficient (Wildman–Crippen LogP) is 3.19. The van der Waals surface area contributed by atoms with Gasteiger partial charge in [-0.15, -0.1) is 11.3 Å². The van der Waals surface area contributed by atoms with Gasteiger partial charge in [0.25, 0.3) is 0 Å². The molecule has 0 aromatic carbocycles. The summed E-state index contributed by atoms with van der Waals surface area (Å²) < 4.78 is 0. The Morgan fingerprint density at radius 1 is 1.29 bits per heavy atom. The van der Waals surface area contributed by atoms with Crippen LogP contribution in [0.1, 0.15) is 44.2 Å². The highest BCUT2D eigenvalue weighted by molar-refractivity contribution is 7.15. The molecule has 0 spiro atoms. The average Bonchev–Trinajstić information content (AvgIpc) is 2.69. The first-order chi connectivity index (χ1) is 8.22. The number of nitrogens with zero attached hydrogens (tertiary/aromatic N) is 2. The summed E-state index contributed by atoms with van der Waals surface area (Å²) in [7, 11) is 0. The quantitative estimate of drug-likeness (QED) is 0.773. The van der Waals surface area contributed by atoms with Gasteiger partial charge in [-0.3, -0.25) is 0 Å². The van der Waals surface area contributed by atoms with Gasteiger partial charge in [0.2, 0.25) is 0 Å². The molecule has 98 valence electrons.